The number of aliphatic hydroxyl groups excluding tert-OH is 2. The highest BCUT2D eigenvalue weighted by molar-refractivity contribution is 8.47. The third kappa shape index (κ3) is 10.8. The van der Waals surface area contributed by atoms with Crippen LogP contribution in [-0.4, -0.2) is 153 Å². The molecule has 59 heavy (non-hydrogen) atoms. The standard InChI is InChI=1S/C21H23FN8O12P2S.2C6H15N/c22-7-1-29(17-10(7)19(33)27-5-25-17)21-15-12(31)8(39-21)2-37-43(34,35)41-14-9(3-38-44(36,45)42-15)40-20(13(14)32)30-6-28-11-16(23)24-4-26-18(11)30;2*1-4-7(5-2)6-3/h1,4-6,8-9,12-15,20-21,31-32,36,45H,2-3H2,(H3-,23,24,25,26,27,33,34,35);2*4-6H2,1-3H3/p+1/t8-,9-,12-,13-,14-,15-,20-,21-,44?;;/m1../s1. The van der Waals surface area contributed by atoms with Crippen molar-refractivity contribution in [3.05, 3.63) is 41.3 Å². The summed E-state index contributed by atoms with van der Waals surface area (Å²) in [5.41, 5.74) is 5.24. The lowest BCUT2D eigenvalue weighted by Gasteiger charge is -2.25. The Morgan fingerprint density at radius 1 is 0.915 bits per heavy atom. The summed E-state index contributed by atoms with van der Waals surface area (Å²) in [4.78, 5) is 57.0. The molecule has 10 atom stereocenters. The lowest BCUT2D eigenvalue weighted by atomic mass is 10.1. The molecule has 0 aromatic carbocycles. The molecule has 2 unspecified atom stereocenters. The number of phosphoric ester groups is 1. The molecule has 0 spiro atoms. The predicted molar refractivity (Wildman–Crippen MR) is 216 cm³/mol. The Labute approximate surface area is 345 Å². The topological polar surface area (TPSA) is 280 Å². The smallest absolute Gasteiger partial charge is 0.387 e. The molecule has 7 rings (SSSR count). The van der Waals surface area contributed by atoms with E-state index >= 15 is 0 Å². The van der Waals surface area contributed by atoms with Gasteiger partial charge in [-0.2, -0.15) is 13.9 Å². The fourth-order valence-electron chi connectivity index (χ4n) is 6.76. The van der Waals surface area contributed by atoms with E-state index in [0.717, 1.165) is 17.1 Å². The van der Waals surface area contributed by atoms with E-state index in [1.165, 1.54) is 56.5 Å². The number of ether oxygens (including phenoxy) is 2. The van der Waals surface area contributed by atoms with Gasteiger partial charge in [0.15, 0.2) is 41.5 Å². The number of aliphatic hydroxyl groups is 2. The third-order valence-corrected chi connectivity index (χ3v) is 12.8. The van der Waals surface area contributed by atoms with Gasteiger partial charge in [0, 0.05) is 6.20 Å². The van der Waals surface area contributed by atoms with Crippen molar-refractivity contribution in [3.63, 3.8) is 0 Å². The normalized spacial score (nSPS) is 31.2. The number of nitrogens with two attached hydrogens (primary N) is 1. The van der Waals surface area contributed by atoms with Gasteiger partial charge in [0.05, 0.1) is 31.5 Å². The molecule has 3 saturated heterocycles. The van der Waals surface area contributed by atoms with E-state index in [-0.39, 0.29) is 22.6 Å². The Kier molecular flexibility index (Phi) is 16.3. The number of nitrogens with zero attached hydrogens (tertiary/aromatic N) is 8. The first-order valence-corrected chi connectivity index (χ1v) is 23.4. The summed E-state index contributed by atoms with van der Waals surface area (Å²) >= 11 is 4.12. The minimum atomic E-state index is -5.04. The Balaban J connectivity index is 0.000000407. The van der Waals surface area contributed by atoms with Crippen LogP contribution in [0.25, 0.3) is 22.2 Å². The van der Waals surface area contributed by atoms with Gasteiger partial charge >= 0.3 is 15.0 Å². The molecule has 26 heteroatoms. The second kappa shape index (κ2) is 20.4. The summed E-state index contributed by atoms with van der Waals surface area (Å²) in [6.45, 7) is 18.8. The number of hydrogen-bond acceptors (Lipinski definition) is 19. The highest BCUT2D eigenvalue weighted by Gasteiger charge is 2.57. The number of aromatic amines is 1. The first-order chi connectivity index (χ1) is 28.0. The molecule has 3 aliphatic heterocycles. The van der Waals surface area contributed by atoms with Crippen molar-refractivity contribution in [2.45, 2.75) is 90.6 Å². The minimum Gasteiger partial charge on any atom is -0.387 e. The maximum atomic E-state index is 14.8. The lowest BCUT2D eigenvalue weighted by Crippen LogP contribution is -2.36. The van der Waals surface area contributed by atoms with Gasteiger partial charge in [-0.1, -0.05) is 41.5 Å². The number of nitrogens with one attached hydrogen (secondary N) is 1. The molecule has 0 aliphatic carbocycles. The van der Waals surface area contributed by atoms with Crippen molar-refractivity contribution in [2.75, 3.05) is 58.2 Å². The number of phosphoric acid groups is 1. The van der Waals surface area contributed by atoms with Crippen molar-refractivity contribution in [2.24, 2.45) is 0 Å². The average Bonchev–Trinajstić information content (AvgIpc) is 3.95. The van der Waals surface area contributed by atoms with Gasteiger partial charge in [-0.3, -0.25) is 23.0 Å². The molecular weight excluding hydrogens is 841 g/mol. The zero-order chi connectivity index (χ0) is 43.2. The number of nitrogen functional groups attached to an aromatic ring is 1. The number of imidazole rings is 1. The molecule has 7 heterocycles. The molecule has 0 amide bonds. The largest absolute Gasteiger partial charge is 0.476 e. The third-order valence-electron chi connectivity index (χ3n) is 10.1. The monoisotopic (exact) mass is 895 g/mol. The van der Waals surface area contributed by atoms with Crippen LogP contribution in [0.1, 0.15) is 54.0 Å². The van der Waals surface area contributed by atoms with E-state index in [2.05, 4.69) is 88.5 Å². The maximum Gasteiger partial charge on any atom is 0.476 e. The Bertz CT molecular complexity index is 2070. The number of anilines is 1. The summed E-state index contributed by atoms with van der Waals surface area (Å²) in [6.07, 6.45) is -7.72. The van der Waals surface area contributed by atoms with Crippen molar-refractivity contribution >= 4 is 55.2 Å². The minimum absolute atomic E-state index is 0.0549. The van der Waals surface area contributed by atoms with Gasteiger partial charge in [-0.15, -0.1) is 0 Å². The molecule has 4 aromatic heterocycles. The quantitative estimate of drug-likeness (QED) is 0.0984. The number of halogens is 1. The molecule has 0 saturated carbocycles. The number of thiol groups is 1. The summed E-state index contributed by atoms with van der Waals surface area (Å²) in [5.74, 6) is -0.914. The first kappa shape index (κ1) is 47.3. The molecule has 3 aliphatic rings. The van der Waals surface area contributed by atoms with Crippen LogP contribution in [0.2, 0.25) is 0 Å². The zero-order valence-electron chi connectivity index (χ0n) is 33.5. The van der Waals surface area contributed by atoms with Crippen LogP contribution in [0.5, 0.6) is 0 Å². The number of H-pyrrole nitrogens is 1. The molecule has 7 N–H and O–H groups in total. The number of rotatable bonds is 8. The Morgan fingerprint density at radius 3 is 2.15 bits per heavy atom. The van der Waals surface area contributed by atoms with E-state index in [1.807, 2.05) is 0 Å². The van der Waals surface area contributed by atoms with E-state index in [1.54, 1.807) is 0 Å². The summed E-state index contributed by atoms with van der Waals surface area (Å²) in [6, 6.07) is 0. The SMILES string of the molecule is CCN(CC)CC.CCN(CC)CC.Nc1ncnc2c1ncn2[C@@H]1O[C@@H]2CO[P+](O)(S)O[C@@H]3[C@H](O)[C@@H](COP(=O)(O)O[C@H]2[C@H]1O)O[C@H]3n1cc(F)c2c(=O)[nH]cnc21. The van der Waals surface area contributed by atoms with Crippen molar-refractivity contribution < 1.29 is 56.5 Å². The van der Waals surface area contributed by atoms with Crippen molar-refractivity contribution in [3.8, 4) is 0 Å². The number of fused-ring (bicyclic) bond motifs is 5. The molecule has 3 fully saturated rings. The number of aromatic nitrogens is 7. The van der Waals surface area contributed by atoms with Crippen LogP contribution in [0.15, 0.2) is 30.0 Å². The van der Waals surface area contributed by atoms with Gasteiger partial charge in [-0.05, 0) is 39.3 Å². The van der Waals surface area contributed by atoms with Gasteiger partial charge in [0.2, 0.25) is 0 Å². The van der Waals surface area contributed by atoms with Crippen LogP contribution in [0.3, 0.4) is 0 Å². The Morgan fingerprint density at radius 2 is 1.54 bits per heavy atom. The fraction of sp³-hybridized carbons (Fsp3) is 0.667. The first-order valence-electron chi connectivity index (χ1n) is 19.1. The fourth-order valence-corrected chi connectivity index (χ4v) is 9.20. The van der Waals surface area contributed by atoms with E-state index in [4.69, 9.17) is 33.3 Å². The molecule has 330 valence electrons. The van der Waals surface area contributed by atoms with Gasteiger partial charge in [-0.25, -0.2) is 28.9 Å². The van der Waals surface area contributed by atoms with Crippen LogP contribution in [0.4, 0.5) is 10.2 Å². The lowest BCUT2D eigenvalue weighted by molar-refractivity contribution is -0.0638. The van der Waals surface area contributed by atoms with Crippen molar-refractivity contribution in [1.29, 1.82) is 0 Å². The van der Waals surface area contributed by atoms with E-state index in [9.17, 15) is 33.7 Å². The van der Waals surface area contributed by atoms with Crippen LogP contribution in [-0.2, 0) is 32.1 Å². The van der Waals surface area contributed by atoms with Crippen molar-refractivity contribution in [1.82, 2.24) is 43.9 Å². The predicted octanol–water partition coefficient (Wildman–Crippen LogP) is 2.02. The molecule has 0 radical (unpaired) electrons. The molecule has 4 aromatic rings. The van der Waals surface area contributed by atoms with Crippen LogP contribution in [0, 0.1) is 5.82 Å². The Hall–Kier alpha value is -2.77. The van der Waals surface area contributed by atoms with Crippen LogP contribution >= 0.6 is 27.2 Å². The molecular formula is C33H54FN10O12P2S+. The van der Waals surface area contributed by atoms with Gasteiger partial charge in [0.25, 0.3) is 5.56 Å². The number of hydrogen-bond donors (Lipinski definition) is 7. The molecule has 2 bridgehead atoms. The highest BCUT2D eigenvalue weighted by Crippen LogP contribution is 2.65. The van der Waals surface area contributed by atoms with E-state index < -0.39 is 94.0 Å². The summed E-state index contributed by atoms with van der Waals surface area (Å²) in [7, 11) is -9.26. The second-order valence-corrected chi connectivity index (χ2v) is 17.8. The van der Waals surface area contributed by atoms with Gasteiger partial charge in [0.1, 0.15) is 54.4 Å². The molecule has 22 nitrogen and oxygen atoms in total. The zero-order valence-corrected chi connectivity index (χ0v) is 36.2. The average molecular weight is 896 g/mol. The van der Waals surface area contributed by atoms with Gasteiger partial charge < -0.3 is 45.1 Å². The van der Waals surface area contributed by atoms with E-state index in [0.29, 0.717) is 0 Å². The maximum absolute atomic E-state index is 14.8. The summed E-state index contributed by atoms with van der Waals surface area (Å²) < 4.78 is 63.6. The summed E-state index contributed by atoms with van der Waals surface area (Å²) in [5, 5.41) is 21.8. The second-order valence-electron chi connectivity index (χ2n) is 13.4. The highest BCUT2D eigenvalue weighted by atomic mass is 32.7. The van der Waals surface area contributed by atoms with Crippen LogP contribution < -0.4 is 11.3 Å².